The van der Waals surface area contributed by atoms with Gasteiger partial charge in [-0.05, 0) is 38.3 Å². The molecule has 2 atom stereocenters. The van der Waals surface area contributed by atoms with Gasteiger partial charge in [-0.25, -0.2) is 0 Å². The largest absolute Gasteiger partial charge is 0.508 e. The Kier molecular flexibility index (Phi) is 8.62. The predicted octanol–water partition coefficient (Wildman–Crippen LogP) is 2.70. The average molecular weight is 267 g/mol. The number of carbonyl (C=O) groups excluding carboxylic acids is 1. The molecule has 0 saturated carbocycles. The highest BCUT2D eigenvalue weighted by molar-refractivity contribution is 5.75. The number of rotatable bonds is 4. The minimum absolute atomic E-state index is 0.0245. The van der Waals surface area contributed by atoms with Gasteiger partial charge in [0.1, 0.15) is 11.8 Å². The van der Waals surface area contributed by atoms with Crippen LogP contribution in [0.4, 0.5) is 0 Å². The van der Waals surface area contributed by atoms with E-state index in [2.05, 4.69) is 13.8 Å². The molecule has 4 nitrogen and oxygen atoms in total. The van der Waals surface area contributed by atoms with E-state index in [0.29, 0.717) is 11.7 Å². The van der Waals surface area contributed by atoms with Gasteiger partial charge in [0, 0.05) is 0 Å². The molecule has 0 aliphatic heterocycles. The zero-order valence-corrected chi connectivity index (χ0v) is 12.2. The molecular formula is C15H25NO3. The Labute approximate surface area is 115 Å². The van der Waals surface area contributed by atoms with Crippen LogP contribution < -0.4 is 5.73 Å². The third-order valence-electron chi connectivity index (χ3n) is 2.25. The Balaban J connectivity index is 0.000000388. The molecule has 0 aliphatic carbocycles. The normalized spacial score (nSPS) is 13.2. The van der Waals surface area contributed by atoms with Crippen molar-refractivity contribution < 1.29 is 14.6 Å². The summed E-state index contributed by atoms with van der Waals surface area (Å²) in [6.07, 6.45) is 0.863. The van der Waals surface area contributed by atoms with Crippen LogP contribution in [0.15, 0.2) is 30.3 Å². The van der Waals surface area contributed by atoms with Gasteiger partial charge in [0.2, 0.25) is 0 Å². The molecule has 1 aromatic rings. The summed E-state index contributed by atoms with van der Waals surface area (Å²) in [6.45, 7) is 7.71. The van der Waals surface area contributed by atoms with Crippen molar-refractivity contribution in [3.05, 3.63) is 30.3 Å². The number of carbonyl (C=O) groups is 1. The van der Waals surface area contributed by atoms with Crippen molar-refractivity contribution >= 4 is 5.97 Å². The van der Waals surface area contributed by atoms with Crippen LogP contribution in [0.5, 0.6) is 5.75 Å². The Morgan fingerprint density at radius 2 is 1.74 bits per heavy atom. The molecule has 4 heteroatoms. The summed E-state index contributed by atoms with van der Waals surface area (Å²) < 4.78 is 5.06. The van der Waals surface area contributed by atoms with Gasteiger partial charge < -0.3 is 15.6 Å². The lowest BCUT2D eigenvalue weighted by atomic mass is 10.1. The molecule has 0 fully saturated rings. The van der Waals surface area contributed by atoms with Crippen LogP contribution in [0, 0.1) is 5.92 Å². The first-order valence-corrected chi connectivity index (χ1v) is 6.53. The average Bonchev–Trinajstić information content (AvgIpc) is 2.29. The van der Waals surface area contributed by atoms with Gasteiger partial charge in [-0.15, -0.1) is 0 Å². The first-order valence-electron chi connectivity index (χ1n) is 6.53. The van der Waals surface area contributed by atoms with Crippen LogP contribution in [0.2, 0.25) is 0 Å². The first kappa shape index (κ1) is 17.4. The molecule has 0 aliphatic rings. The smallest absolute Gasteiger partial charge is 0.322 e. The van der Waals surface area contributed by atoms with E-state index in [9.17, 15) is 4.79 Å². The summed E-state index contributed by atoms with van der Waals surface area (Å²) in [7, 11) is 0. The van der Waals surface area contributed by atoms with Crippen molar-refractivity contribution in [2.75, 3.05) is 0 Å². The highest BCUT2D eigenvalue weighted by atomic mass is 16.5. The molecule has 1 aromatic carbocycles. The number of nitrogens with two attached hydrogens (primary N) is 1. The van der Waals surface area contributed by atoms with Crippen molar-refractivity contribution in [1.29, 1.82) is 0 Å². The van der Waals surface area contributed by atoms with Crippen LogP contribution in [0.1, 0.15) is 34.1 Å². The summed E-state index contributed by atoms with van der Waals surface area (Å²) >= 11 is 0. The van der Waals surface area contributed by atoms with E-state index in [4.69, 9.17) is 15.6 Å². The Bertz CT molecular complexity index is 350. The standard InChI is InChI=1S/C9H19NO2.C6H6O/c1-6(2)5-7(3)12-9(11)8(4)10;7-6-4-2-1-3-5-6/h6-8H,5,10H2,1-4H3;1-5,7H/t7?,8-;/m0./s1. The summed E-state index contributed by atoms with van der Waals surface area (Å²) in [5, 5.41) is 8.63. The van der Waals surface area contributed by atoms with Crippen molar-refractivity contribution in [2.24, 2.45) is 11.7 Å². The maximum absolute atomic E-state index is 11.0. The fourth-order valence-corrected chi connectivity index (χ4v) is 1.45. The Hall–Kier alpha value is -1.55. The Morgan fingerprint density at radius 3 is 2.05 bits per heavy atom. The summed E-state index contributed by atoms with van der Waals surface area (Å²) in [5.74, 6) is 0.548. The molecule has 0 radical (unpaired) electrons. The molecule has 0 spiro atoms. The van der Waals surface area contributed by atoms with E-state index >= 15 is 0 Å². The number of benzene rings is 1. The topological polar surface area (TPSA) is 72.5 Å². The highest BCUT2D eigenvalue weighted by Gasteiger charge is 2.13. The number of hydrogen-bond donors (Lipinski definition) is 2. The van der Waals surface area contributed by atoms with Crippen molar-refractivity contribution in [3.8, 4) is 5.75 Å². The molecule has 0 bridgehead atoms. The summed E-state index contributed by atoms with van der Waals surface area (Å²) in [4.78, 5) is 11.0. The molecule has 1 rings (SSSR count). The first-order chi connectivity index (χ1) is 8.82. The second-order valence-corrected chi connectivity index (χ2v) is 5.00. The summed E-state index contributed by atoms with van der Waals surface area (Å²) in [5.41, 5.74) is 5.34. The molecule has 19 heavy (non-hydrogen) atoms. The van der Waals surface area contributed by atoms with Gasteiger partial charge in [0.05, 0.1) is 6.10 Å². The minimum Gasteiger partial charge on any atom is -0.508 e. The van der Waals surface area contributed by atoms with Gasteiger partial charge >= 0.3 is 5.97 Å². The zero-order valence-electron chi connectivity index (χ0n) is 12.2. The second kappa shape index (κ2) is 9.39. The van der Waals surface area contributed by atoms with Gasteiger partial charge in [-0.3, -0.25) is 4.79 Å². The van der Waals surface area contributed by atoms with Crippen LogP contribution in [0.3, 0.4) is 0 Å². The number of hydrogen-bond acceptors (Lipinski definition) is 4. The number of aromatic hydroxyl groups is 1. The number of esters is 1. The Morgan fingerprint density at radius 1 is 1.21 bits per heavy atom. The minimum atomic E-state index is -0.514. The third kappa shape index (κ3) is 10.1. The van der Waals surface area contributed by atoms with Gasteiger partial charge in [-0.1, -0.05) is 32.0 Å². The number of phenols is 1. The van der Waals surface area contributed by atoms with Crippen molar-refractivity contribution in [2.45, 2.75) is 46.3 Å². The van der Waals surface area contributed by atoms with E-state index < -0.39 is 6.04 Å². The van der Waals surface area contributed by atoms with Crippen LogP contribution in [0.25, 0.3) is 0 Å². The highest BCUT2D eigenvalue weighted by Crippen LogP contribution is 2.07. The van der Waals surface area contributed by atoms with Crippen molar-refractivity contribution in [3.63, 3.8) is 0 Å². The van der Waals surface area contributed by atoms with Crippen LogP contribution in [-0.4, -0.2) is 23.2 Å². The maximum atomic E-state index is 11.0. The fourth-order valence-electron chi connectivity index (χ4n) is 1.45. The maximum Gasteiger partial charge on any atom is 0.322 e. The quantitative estimate of drug-likeness (QED) is 0.823. The van der Waals surface area contributed by atoms with Gasteiger partial charge in [0.25, 0.3) is 0 Å². The van der Waals surface area contributed by atoms with E-state index in [-0.39, 0.29) is 12.1 Å². The number of ether oxygens (including phenoxy) is 1. The molecule has 108 valence electrons. The predicted molar refractivity (Wildman–Crippen MR) is 76.8 cm³/mol. The van der Waals surface area contributed by atoms with E-state index in [1.54, 1.807) is 31.2 Å². The fraction of sp³-hybridized carbons (Fsp3) is 0.533. The number of para-hydroxylation sites is 1. The van der Waals surface area contributed by atoms with Crippen LogP contribution >= 0.6 is 0 Å². The summed E-state index contributed by atoms with van der Waals surface area (Å²) in [6, 6.07) is 8.20. The molecule has 3 N–H and O–H groups in total. The molecule has 0 aromatic heterocycles. The van der Waals surface area contributed by atoms with E-state index in [1.165, 1.54) is 0 Å². The van der Waals surface area contributed by atoms with E-state index in [1.807, 2.05) is 13.0 Å². The lowest BCUT2D eigenvalue weighted by molar-refractivity contribution is -0.150. The zero-order chi connectivity index (χ0) is 14.8. The van der Waals surface area contributed by atoms with Gasteiger partial charge in [0.15, 0.2) is 0 Å². The lowest BCUT2D eigenvalue weighted by Gasteiger charge is -2.16. The molecule has 1 unspecified atom stereocenters. The second-order valence-electron chi connectivity index (χ2n) is 5.00. The number of phenolic OH excluding ortho intramolecular Hbond substituents is 1. The van der Waals surface area contributed by atoms with Crippen LogP contribution in [-0.2, 0) is 9.53 Å². The molecular weight excluding hydrogens is 242 g/mol. The molecule has 0 saturated heterocycles. The SMILES string of the molecule is CC(C)CC(C)OC(=O)[C@H](C)N.Oc1ccccc1. The lowest BCUT2D eigenvalue weighted by Crippen LogP contribution is -2.31. The molecule has 0 heterocycles. The van der Waals surface area contributed by atoms with E-state index in [0.717, 1.165) is 6.42 Å². The van der Waals surface area contributed by atoms with Crippen molar-refractivity contribution in [1.82, 2.24) is 0 Å². The third-order valence-corrected chi connectivity index (χ3v) is 2.25. The monoisotopic (exact) mass is 267 g/mol. The molecule has 0 amide bonds. The van der Waals surface area contributed by atoms with Gasteiger partial charge in [-0.2, -0.15) is 0 Å².